The maximum absolute atomic E-state index is 10.9. The Balaban J connectivity index is 2.59. The van der Waals surface area contributed by atoms with Crippen LogP contribution < -0.4 is 0 Å². The van der Waals surface area contributed by atoms with Crippen molar-refractivity contribution in [2.75, 3.05) is 13.7 Å². The molecule has 0 radical (unpaired) electrons. The van der Waals surface area contributed by atoms with Gasteiger partial charge in [0.15, 0.2) is 0 Å². The third-order valence-electron chi connectivity index (χ3n) is 2.89. The predicted octanol–water partition coefficient (Wildman–Crippen LogP) is 2.46. The molecule has 1 atom stereocenters. The largest absolute Gasteiger partial charge is 0.466 e. The van der Waals surface area contributed by atoms with Gasteiger partial charge in [0.25, 0.3) is 0 Å². The molecule has 0 N–H and O–H groups in total. The van der Waals surface area contributed by atoms with Gasteiger partial charge in [-0.25, -0.2) is 4.79 Å². The molecule has 0 heterocycles. The van der Waals surface area contributed by atoms with Crippen LogP contribution in [0.3, 0.4) is 0 Å². The van der Waals surface area contributed by atoms with E-state index in [-0.39, 0.29) is 6.61 Å². The molecule has 17 heavy (non-hydrogen) atoms. The van der Waals surface area contributed by atoms with E-state index >= 15 is 0 Å². The summed E-state index contributed by atoms with van der Waals surface area (Å²) in [6, 6.07) is 0. The van der Waals surface area contributed by atoms with Gasteiger partial charge in [-0.1, -0.05) is 23.4 Å². The third kappa shape index (κ3) is 4.06. The van der Waals surface area contributed by atoms with Gasteiger partial charge >= 0.3 is 5.97 Å². The second-order valence-electron chi connectivity index (χ2n) is 4.26. The number of methoxy groups -OCH3 is 1. The lowest BCUT2D eigenvalue weighted by Gasteiger charge is -2.21. The molecule has 0 aromatic heterocycles. The molecular formula is C13H19NO3. The number of hydrogen-bond acceptors (Lipinski definition) is 4. The molecular weight excluding hydrogens is 218 g/mol. The fourth-order valence-corrected chi connectivity index (χ4v) is 1.62. The molecule has 0 aromatic carbocycles. The quantitative estimate of drug-likeness (QED) is 0.428. The van der Waals surface area contributed by atoms with Gasteiger partial charge in [0.05, 0.1) is 12.8 Å². The van der Waals surface area contributed by atoms with E-state index in [1.54, 1.807) is 0 Å². The van der Waals surface area contributed by atoms with Gasteiger partial charge in [-0.05, 0) is 31.8 Å². The lowest BCUT2D eigenvalue weighted by molar-refractivity contribution is -0.145. The maximum atomic E-state index is 10.9. The van der Waals surface area contributed by atoms with Gasteiger partial charge in [0.1, 0.15) is 0 Å². The Kier molecular flexibility index (Phi) is 4.94. The first kappa shape index (κ1) is 13.5. The summed E-state index contributed by atoms with van der Waals surface area (Å²) in [6.45, 7) is 7.83. The highest BCUT2D eigenvalue weighted by Crippen LogP contribution is 2.26. The molecule has 94 valence electrons. The van der Waals surface area contributed by atoms with Crippen LogP contribution in [0.4, 0.5) is 0 Å². The predicted molar refractivity (Wildman–Crippen MR) is 66.7 cm³/mol. The van der Waals surface area contributed by atoms with Crippen molar-refractivity contribution in [3.05, 3.63) is 23.8 Å². The second-order valence-corrected chi connectivity index (χ2v) is 4.26. The Morgan fingerprint density at radius 2 is 2.35 bits per heavy atom. The molecule has 0 saturated heterocycles. The van der Waals surface area contributed by atoms with Gasteiger partial charge in [-0.15, -0.1) is 0 Å². The maximum Gasteiger partial charge on any atom is 0.346 e. The normalized spacial score (nSPS) is 21.9. The number of carbonyl (C=O) groups is 1. The second kappa shape index (κ2) is 6.23. The van der Waals surface area contributed by atoms with Gasteiger partial charge in [0.2, 0.25) is 6.61 Å². The Labute approximate surface area is 102 Å². The molecule has 0 bridgehead atoms. The van der Waals surface area contributed by atoms with Crippen molar-refractivity contribution in [3.63, 3.8) is 0 Å². The van der Waals surface area contributed by atoms with Gasteiger partial charge in [-0.2, -0.15) is 0 Å². The van der Waals surface area contributed by atoms with Crippen LogP contribution in [0, 0.1) is 5.92 Å². The minimum Gasteiger partial charge on any atom is -0.466 e. The first-order chi connectivity index (χ1) is 8.04. The summed E-state index contributed by atoms with van der Waals surface area (Å²) in [5.74, 6) is -0.0116. The molecule has 0 amide bonds. The number of hydrogen-bond donors (Lipinski definition) is 0. The summed E-state index contributed by atoms with van der Waals surface area (Å²) in [6.07, 6.45) is 3.94. The molecule has 1 aliphatic carbocycles. The topological polar surface area (TPSA) is 47.9 Å². The fourth-order valence-electron chi connectivity index (χ4n) is 1.62. The third-order valence-corrected chi connectivity index (χ3v) is 2.89. The van der Waals surface area contributed by atoms with E-state index in [2.05, 4.69) is 22.5 Å². The van der Waals surface area contributed by atoms with Gasteiger partial charge in [0, 0.05) is 6.42 Å². The van der Waals surface area contributed by atoms with Crippen molar-refractivity contribution < 1.29 is 14.4 Å². The van der Waals surface area contributed by atoms with Crippen LogP contribution in [0.1, 0.15) is 26.7 Å². The first-order valence-corrected chi connectivity index (χ1v) is 5.62. The highest BCUT2D eigenvalue weighted by atomic mass is 16.6. The van der Waals surface area contributed by atoms with Crippen LogP contribution in [0.5, 0.6) is 0 Å². The number of nitrogens with zero attached hydrogens (tertiary/aromatic N) is 1. The lowest BCUT2D eigenvalue weighted by Crippen LogP contribution is -2.16. The highest BCUT2D eigenvalue weighted by Gasteiger charge is 2.19. The molecule has 0 spiro atoms. The van der Waals surface area contributed by atoms with Crippen LogP contribution in [0.2, 0.25) is 0 Å². The average Bonchev–Trinajstić information content (AvgIpc) is 2.30. The number of ether oxygens (including phenoxy) is 1. The summed E-state index contributed by atoms with van der Waals surface area (Å²) in [5, 5.41) is 3.99. The van der Waals surface area contributed by atoms with E-state index in [1.807, 2.05) is 13.8 Å². The van der Waals surface area contributed by atoms with E-state index in [4.69, 9.17) is 4.84 Å². The summed E-state index contributed by atoms with van der Waals surface area (Å²) in [5.41, 5.74) is 3.13. The molecule has 0 aromatic rings. The minimum absolute atomic E-state index is 0.148. The number of rotatable bonds is 4. The van der Waals surface area contributed by atoms with Gasteiger partial charge < -0.3 is 9.57 Å². The molecule has 0 aliphatic heterocycles. The van der Waals surface area contributed by atoms with Crippen molar-refractivity contribution >= 4 is 11.7 Å². The molecule has 4 nitrogen and oxygen atoms in total. The van der Waals surface area contributed by atoms with E-state index in [1.165, 1.54) is 7.11 Å². The average molecular weight is 237 g/mol. The van der Waals surface area contributed by atoms with Crippen molar-refractivity contribution in [1.82, 2.24) is 0 Å². The van der Waals surface area contributed by atoms with Crippen LogP contribution in [0.15, 0.2) is 29.0 Å². The molecule has 0 fully saturated rings. The van der Waals surface area contributed by atoms with Crippen molar-refractivity contribution in [2.45, 2.75) is 26.7 Å². The van der Waals surface area contributed by atoms with E-state index in [9.17, 15) is 4.79 Å². The molecule has 1 rings (SSSR count). The highest BCUT2D eigenvalue weighted by molar-refractivity contribution is 6.00. The summed E-state index contributed by atoms with van der Waals surface area (Å²) < 4.78 is 4.46. The minimum atomic E-state index is -0.428. The lowest BCUT2D eigenvalue weighted by atomic mass is 9.85. The zero-order chi connectivity index (χ0) is 12.8. The standard InChI is InChI=1S/C13H19NO3/c1-9(2)11-6-5-10(3)12(7-11)14-17-8-13(15)16-4/h5,11H,1,6-8H2,2-4H3/b14-12+/t11-/m0/s1. The fraction of sp³-hybridized carbons (Fsp3) is 0.538. The number of allylic oxidation sites excluding steroid dienone is 3. The van der Waals surface area contributed by atoms with Crippen LogP contribution in [-0.2, 0) is 14.4 Å². The molecule has 0 saturated carbocycles. The summed E-state index contributed by atoms with van der Waals surface area (Å²) in [4.78, 5) is 15.8. The summed E-state index contributed by atoms with van der Waals surface area (Å²) >= 11 is 0. The van der Waals surface area contributed by atoms with Crippen LogP contribution in [0.25, 0.3) is 0 Å². The number of carbonyl (C=O) groups excluding carboxylic acids is 1. The monoisotopic (exact) mass is 237 g/mol. The van der Waals surface area contributed by atoms with E-state index in [0.29, 0.717) is 5.92 Å². The Morgan fingerprint density at radius 1 is 1.65 bits per heavy atom. The zero-order valence-corrected chi connectivity index (χ0v) is 10.7. The molecule has 1 aliphatic rings. The molecule has 0 unspecified atom stereocenters. The van der Waals surface area contributed by atoms with Gasteiger partial charge in [-0.3, -0.25) is 0 Å². The Hall–Kier alpha value is -1.58. The molecule has 4 heteroatoms. The zero-order valence-electron chi connectivity index (χ0n) is 10.7. The number of oxime groups is 1. The van der Waals surface area contributed by atoms with Crippen LogP contribution in [-0.4, -0.2) is 25.4 Å². The van der Waals surface area contributed by atoms with E-state index < -0.39 is 5.97 Å². The smallest absolute Gasteiger partial charge is 0.346 e. The SMILES string of the molecule is C=C(C)[C@H]1CC=C(C)/C(=N/OCC(=O)OC)C1. The van der Waals surface area contributed by atoms with Crippen molar-refractivity contribution in [1.29, 1.82) is 0 Å². The van der Waals surface area contributed by atoms with E-state index in [0.717, 1.165) is 29.7 Å². The number of esters is 1. The summed E-state index contributed by atoms with van der Waals surface area (Å²) in [7, 11) is 1.32. The van der Waals surface area contributed by atoms with Crippen molar-refractivity contribution in [3.8, 4) is 0 Å². The first-order valence-electron chi connectivity index (χ1n) is 5.62. The van der Waals surface area contributed by atoms with Crippen LogP contribution >= 0.6 is 0 Å². The Morgan fingerprint density at radius 3 is 2.94 bits per heavy atom. The Bertz CT molecular complexity index is 369. The van der Waals surface area contributed by atoms with Crippen molar-refractivity contribution in [2.24, 2.45) is 11.1 Å².